The van der Waals surface area contributed by atoms with Gasteiger partial charge < -0.3 is 4.90 Å². The molecule has 2 aliphatic rings. The minimum Gasteiger partial charge on any atom is -0.356 e. The largest absolute Gasteiger partial charge is 0.356 e. The Labute approximate surface area is 214 Å². The summed E-state index contributed by atoms with van der Waals surface area (Å²) in [6, 6.07) is 15.8. The number of aryl methyl sites for hydroxylation is 1. The SMILES string of the molecule is CC1CCN(c2nc3ccccn3c(=O)c2C=C2SC(=S)N(CCCc3ccccc3)C2=O)CC1. The van der Waals surface area contributed by atoms with Gasteiger partial charge in [0, 0.05) is 25.8 Å². The van der Waals surface area contributed by atoms with Gasteiger partial charge in [-0.05, 0) is 55.4 Å². The lowest BCUT2D eigenvalue weighted by Crippen LogP contribution is -2.36. The third-order valence-corrected chi connectivity index (χ3v) is 8.05. The van der Waals surface area contributed by atoms with Crippen LogP contribution in [0.4, 0.5) is 5.82 Å². The molecule has 0 radical (unpaired) electrons. The molecule has 35 heavy (non-hydrogen) atoms. The predicted molar refractivity (Wildman–Crippen MR) is 147 cm³/mol. The predicted octanol–water partition coefficient (Wildman–Crippen LogP) is 4.76. The number of amides is 1. The Bertz CT molecular complexity index is 1340. The van der Waals surface area contributed by atoms with Gasteiger partial charge in [0.1, 0.15) is 15.8 Å². The maximum atomic E-state index is 13.5. The van der Waals surface area contributed by atoms with Crippen molar-refractivity contribution in [3.8, 4) is 0 Å². The fraction of sp³-hybridized carbons (Fsp3) is 0.333. The zero-order valence-electron chi connectivity index (χ0n) is 19.7. The normalized spacial score (nSPS) is 18.3. The van der Waals surface area contributed by atoms with Gasteiger partial charge in [-0.15, -0.1) is 0 Å². The number of benzene rings is 1. The van der Waals surface area contributed by atoms with E-state index >= 15 is 0 Å². The second kappa shape index (κ2) is 10.3. The van der Waals surface area contributed by atoms with Crippen molar-refractivity contribution >= 4 is 51.7 Å². The maximum absolute atomic E-state index is 13.5. The molecule has 0 bridgehead atoms. The van der Waals surface area contributed by atoms with E-state index in [9.17, 15) is 9.59 Å². The Balaban J connectivity index is 1.44. The molecule has 1 amide bonds. The number of thioether (sulfide) groups is 1. The topological polar surface area (TPSA) is 57.9 Å². The van der Waals surface area contributed by atoms with Crippen LogP contribution in [0.3, 0.4) is 0 Å². The lowest BCUT2D eigenvalue weighted by Gasteiger charge is -2.32. The highest BCUT2D eigenvalue weighted by Gasteiger charge is 2.32. The first kappa shape index (κ1) is 23.8. The molecule has 6 nitrogen and oxygen atoms in total. The third-order valence-electron chi connectivity index (χ3n) is 6.67. The van der Waals surface area contributed by atoms with Gasteiger partial charge in [-0.3, -0.25) is 18.9 Å². The number of hydrogen-bond acceptors (Lipinski definition) is 6. The third kappa shape index (κ3) is 5.04. The first-order chi connectivity index (χ1) is 17.0. The number of nitrogens with zero attached hydrogens (tertiary/aromatic N) is 4. The van der Waals surface area contributed by atoms with Crippen molar-refractivity contribution in [3.63, 3.8) is 0 Å². The Morgan fingerprint density at radius 2 is 1.83 bits per heavy atom. The molecule has 5 rings (SSSR count). The number of pyridine rings is 1. The van der Waals surface area contributed by atoms with Gasteiger partial charge in [-0.25, -0.2) is 4.98 Å². The van der Waals surface area contributed by atoms with Crippen LogP contribution in [0.25, 0.3) is 11.7 Å². The Kier molecular flexibility index (Phi) is 7.02. The lowest BCUT2D eigenvalue weighted by atomic mass is 9.99. The number of rotatable bonds is 6. The fourth-order valence-electron chi connectivity index (χ4n) is 4.59. The highest BCUT2D eigenvalue weighted by atomic mass is 32.2. The number of carbonyl (C=O) groups excluding carboxylic acids is 1. The standard InChI is InChI=1S/C27H28N4O2S2/c1-19-12-16-29(17-13-19)24-21(25(32)30-14-6-5-11-23(30)28-24)18-22-26(33)31(27(34)35-22)15-7-10-20-8-3-2-4-9-20/h2-6,8-9,11,14,18-19H,7,10,12-13,15-17H2,1H3. The molecule has 3 aromatic rings. The van der Waals surface area contributed by atoms with E-state index in [1.165, 1.54) is 17.3 Å². The molecule has 2 aliphatic heterocycles. The van der Waals surface area contributed by atoms with Crippen molar-refractivity contribution in [2.24, 2.45) is 5.92 Å². The van der Waals surface area contributed by atoms with Crippen LogP contribution in [0, 0.1) is 5.92 Å². The molecule has 8 heteroatoms. The minimum absolute atomic E-state index is 0.135. The molecule has 2 saturated heterocycles. The van der Waals surface area contributed by atoms with E-state index in [1.807, 2.05) is 36.4 Å². The summed E-state index contributed by atoms with van der Waals surface area (Å²) in [5, 5.41) is 0. The fourth-order valence-corrected chi connectivity index (χ4v) is 5.88. The number of thiocarbonyl (C=S) groups is 1. The molecule has 180 valence electrons. The van der Waals surface area contributed by atoms with Gasteiger partial charge in [0.05, 0.1) is 10.5 Å². The maximum Gasteiger partial charge on any atom is 0.267 e. The first-order valence-corrected chi connectivity index (χ1v) is 13.3. The second-order valence-electron chi connectivity index (χ2n) is 9.18. The van der Waals surface area contributed by atoms with Crippen LogP contribution in [0.1, 0.15) is 37.3 Å². The smallest absolute Gasteiger partial charge is 0.267 e. The van der Waals surface area contributed by atoms with Gasteiger partial charge in [-0.1, -0.05) is 67.3 Å². The number of fused-ring (bicyclic) bond motifs is 1. The van der Waals surface area contributed by atoms with E-state index in [1.54, 1.807) is 21.6 Å². The molecule has 0 N–H and O–H groups in total. The summed E-state index contributed by atoms with van der Waals surface area (Å²) >= 11 is 6.81. The van der Waals surface area contributed by atoms with Crippen LogP contribution < -0.4 is 10.5 Å². The molecule has 0 atom stereocenters. The second-order valence-corrected chi connectivity index (χ2v) is 10.9. The summed E-state index contributed by atoms with van der Waals surface area (Å²) in [7, 11) is 0. The molecular weight excluding hydrogens is 476 g/mol. The molecule has 0 spiro atoms. The van der Waals surface area contributed by atoms with Crippen molar-refractivity contribution in [2.45, 2.75) is 32.6 Å². The summed E-state index contributed by atoms with van der Waals surface area (Å²) in [5.41, 5.74) is 2.13. The van der Waals surface area contributed by atoms with Crippen LogP contribution in [0.15, 0.2) is 64.4 Å². The van der Waals surface area contributed by atoms with Gasteiger partial charge in [-0.2, -0.15) is 0 Å². The molecular formula is C27H28N4O2S2. The number of carbonyl (C=O) groups is 1. The highest BCUT2D eigenvalue weighted by molar-refractivity contribution is 8.26. The Morgan fingerprint density at radius 3 is 2.60 bits per heavy atom. The number of hydrogen-bond donors (Lipinski definition) is 0. The Morgan fingerprint density at radius 1 is 1.09 bits per heavy atom. The van der Waals surface area contributed by atoms with Gasteiger partial charge in [0.25, 0.3) is 11.5 Å². The molecule has 0 saturated carbocycles. The summed E-state index contributed by atoms with van der Waals surface area (Å²) in [6.45, 7) is 4.50. The van der Waals surface area contributed by atoms with Crippen molar-refractivity contribution in [3.05, 3.63) is 81.1 Å². The molecule has 1 aromatic carbocycles. The lowest BCUT2D eigenvalue weighted by molar-refractivity contribution is -0.122. The van der Waals surface area contributed by atoms with Crippen molar-refractivity contribution in [1.82, 2.24) is 14.3 Å². The van der Waals surface area contributed by atoms with E-state index in [-0.39, 0.29) is 11.5 Å². The van der Waals surface area contributed by atoms with Crippen LogP contribution in [0.2, 0.25) is 0 Å². The van der Waals surface area contributed by atoms with Crippen LogP contribution in [0.5, 0.6) is 0 Å². The van der Waals surface area contributed by atoms with Crippen LogP contribution >= 0.6 is 24.0 Å². The number of piperidine rings is 1. The summed E-state index contributed by atoms with van der Waals surface area (Å²) < 4.78 is 2.08. The molecule has 0 unspecified atom stereocenters. The van der Waals surface area contributed by atoms with Crippen LogP contribution in [-0.4, -0.2) is 44.1 Å². The quantitative estimate of drug-likeness (QED) is 0.356. The van der Waals surface area contributed by atoms with Gasteiger partial charge >= 0.3 is 0 Å². The first-order valence-electron chi connectivity index (χ1n) is 12.1. The minimum atomic E-state index is -0.168. The monoisotopic (exact) mass is 504 g/mol. The highest BCUT2D eigenvalue weighted by Crippen LogP contribution is 2.34. The average molecular weight is 505 g/mol. The van der Waals surface area contributed by atoms with E-state index in [0.29, 0.717) is 38.7 Å². The molecule has 4 heterocycles. The molecule has 0 aliphatic carbocycles. The van der Waals surface area contributed by atoms with Crippen molar-refractivity contribution in [2.75, 3.05) is 24.5 Å². The van der Waals surface area contributed by atoms with Gasteiger partial charge in [0.2, 0.25) is 0 Å². The zero-order chi connectivity index (χ0) is 24.4. The molecule has 2 fully saturated rings. The van der Waals surface area contributed by atoms with Crippen molar-refractivity contribution in [1.29, 1.82) is 0 Å². The van der Waals surface area contributed by atoms with Crippen LogP contribution in [-0.2, 0) is 11.2 Å². The molecule has 2 aromatic heterocycles. The van der Waals surface area contributed by atoms with E-state index < -0.39 is 0 Å². The Hall–Kier alpha value is -2.97. The number of aromatic nitrogens is 2. The average Bonchev–Trinajstić information content (AvgIpc) is 3.14. The number of anilines is 1. The van der Waals surface area contributed by atoms with E-state index in [2.05, 4.69) is 24.0 Å². The zero-order valence-corrected chi connectivity index (χ0v) is 21.4. The summed E-state index contributed by atoms with van der Waals surface area (Å²) in [5.74, 6) is 1.18. The van der Waals surface area contributed by atoms with E-state index in [0.717, 1.165) is 38.8 Å². The summed E-state index contributed by atoms with van der Waals surface area (Å²) in [6.07, 6.45) is 7.24. The van der Waals surface area contributed by atoms with E-state index in [4.69, 9.17) is 17.2 Å². The van der Waals surface area contributed by atoms with Gasteiger partial charge in [0.15, 0.2) is 0 Å². The van der Waals surface area contributed by atoms with Crippen molar-refractivity contribution < 1.29 is 4.79 Å². The summed E-state index contributed by atoms with van der Waals surface area (Å²) in [4.78, 5) is 36.0.